The van der Waals surface area contributed by atoms with E-state index in [1.54, 1.807) is 25.3 Å². The predicted octanol–water partition coefficient (Wildman–Crippen LogP) is 3.20. The van der Waals surface area contributed by atoms with E-state index in [9.17, 15) is 4.39 Å². The van der Waals surface area contributed by atoms with Crippen LogP contribution in [0, 0.1) is 12.7 Å². The minimum absolute atomic E-state index is 0.185. The molecule has 2 aromatic carbocycles. The van der Waals surface area contributed by atoms with Crippen molar-refractivity contribution in [1.82, 2.24) is 0 Å². The summed E-state index contributed by atoms with van der Waals surface area (Å²) in [5, 5.41) is 0. The Bertz CT molecular complexity index is 613. The van der Waals surface area contributed by atoms with Gasteiger partial charge in [0.05, 0.1) is 20.3 Å². The third-order valence-corrected chi connectivity index (χ3v) is 3.27. The van der Waals surface area contributed by atoms with Crippen LogP contribution < -0.4 is 15.2 Å². The molecular formula is C16H18FNO2. The van der Waals surface area contributed by atoms with Gasteiger partial charge in [0.15, 0.2) is 11.6 Å². The number of hydrogen-bond acceptors (Lipinski definition) is 3. The molecule has 2 rings (SSSR count). The van der Waals surface area contributed by atoms with E-state index < -0.39 is 11.9 Å². The molecule has 2 N–H and O–H groups in total. The van der Waals surface area contributed by atoms with Gasteiger partial charge in [0.1, 0.15) is 5.75 Å². The van der Waals surface area contributed by atoms with Gasteiger partial charge in [-0.25, -0.2) is 4.39 Å². The maximum Gasteiger partial charge on any atom is 0.170 e. The van der Waals surface area contributed by atoms with Crippen molar-refractivity contribution in [2.45, 2.75) is 13.0 Å². The van der Waals surface area contributed by atoms with Crippen molar-refractivity contribution < 1.29 is 13.9 Å². The fourth-order valence-electron chi connectivity index (χ4n) is 2.19. The third kappa shape index (κ3) is 2.60. The smallest absolute Gasteiger partial charge is 0.170 e. The minimum Gasteiger partial charge on any atom is -0.496 e. The summed E-state index contributed by atoms with van der Waals surface area (Å²) in [5.41, 5.74) is 8.38. The van der Waals surface area contributed by atoms with Crippen LogP contribution in [-0.4, -0.2) is 14.2 Å². The highest BCUT2D eigenvalue weighted by molar-refractivity contribution is 5.45. The normalized spacial score (nSPS) is 12.1. The Balaban J connectivity index is 2.51. The summed E-state index contributed by atoms with van der Waals surface area (Å²) in [6.07, 6.45) is 0. The molecule has 106 valence electrons. The molecule has 2 aromatic rings. The van der Waals surface area contributed by atoms with Gasteiger partial charge in [-0.15, -0.1) is 0 Å². The van der Waals surface area contributed by atoms with Gasteiger partial charge in [0.25, 0.3) is 0 Å². The first-order chi connectivity index (χ1) is 9.58. The molecular weight excluding hydrogens is 257 g/mol. The van der Waals surface area contributed by atoms with Gasteiger partial charge < -0.3 is 15.2 Å². The highest BCUT2D eigenvalue weighted by Crippen LogP contribution is 2.32. The van der Waals surface area contributed by atoms with E-state index in [-0.39, 0.29) is 5.75 Å². The first-order valence-corrected chi connectivity index (χ1v) is 6.31. The Hall–Kier alpha value is -2.07. The Morgan fingerprint density at radius 3 is 2.35 bits per heavy atom. The fraction of sp³-hybridized carbons (Fsp3) is 0.250. The van der Waals surface area contributed by atoms with E-state index in [0.717, 1.165) is 11.1 Å². The maximum atomic E-state index is 14.3. The molecule has 0 aliphatic rings. The zero-order valence-electron chi connectivity index (χ0n) is 11.8. The maximum absolute atomic E-state index is 14.3. The number of methoxy groups -OCH3 is 2. The highest BCUT2D eigenvalue weighted by atomic mass is 19.1. The number of nitrogens with two attached hydrogens (primary N) is 1. The summed E-state index contributed by atoms with van der Waals surface area (Å²) in [6.45, 7) is 1.96. The lowest BCUT2D eigenvalue weighted by atomic mass is 9.96. The van der Waals surface area contributed by atoms with Gasteiger partial charge in [-0.05, 0) is 19.1 Å². The van der Waals surface area contributed by atoms with Crippen LogP contribution in [0.15, 0.2) is 36.4 Å². The Kier molecular flexibility index (Phi) is 4.25. The Labute approximate surface area is 118 Å². The summed E-state index contributed by atoms with van der Waals surface area (Å²) in [4.78, 5) is 0. The van der Waals surface area contributed by atoms with Gasteiger partial charge >= 0.3 is 0 Å². The van der Waals surface area contributed by atoms with Crippen LogP contribution in [0.4, 0.5) is 4.39 Å². The largest absolute Gasteiger partial charge is 0.496 e. The number of rotatable bonds is 4. The van der Waals surface area contributed by atoms with Gasteiger partial charge in [-0.1, -0.05) is 29.8 Å². The van der Waals surface area contributed by atoms with Crippen LogP contribution in [0.25, 0.3) is 0 Å². The topological polar surface area (TPSA) is 44.5 Å². The van der Waals surface area contributed by atoms with Crippen LogP contribution in [-0.2, 0) is 0 Å². The molecule has 0 saturated heterocycles. The second-order valence-corrected chi connectivity index (χ2v) is 4.59. The van der Waals surface area contributed by atoms with Crippen molar-refractivity contribution in [3.8, 4) is 11.5 Å². The summed E-state index contributed by atoms with van der Waals surface area (Å²) in [5.74, 6) is 0.390. The SMILES string of the molecule is COc1ccc(C)cc1C(N)c1cccc(OC)c1F. The summed E-state index contributed by atoms with van der Waals surface area (Å²) < 4.78 is 24.6. The number of hydrogen-bond donors (Lipinski definition) is 1. The average Bonchev–Trinajstić information content (AvgIpc) is 2.46. The van der Waals surface area contributed by atoms with Crippen LogP contribution in [0.3, 0.4) is 0 Å². The Morgan fingerprint density at radius 2 is 1.70 bits per heavy atom. The standard InChI is InChI=1S/C16H18FNO2/c1-10-7-8-13(19-2)12(9-10)16(18)11-5-4-6-14(20-3)15(11)17/h4-9,16H,18H2,1-3H3. The summed E-state index contributed by atoms with van der Waals surface area (Å²) in [7, 11) is 3.00. The molecule has 0 radical (unpaired) electrons. The van der Waals surface area contributed by atoms with Crippen LogP contribution >= 0.6 is 0 Å². The molecule has 0 aliphatic carbocycles. The molecule has 0 heterocycles. The molecule has 3 nitrogen and oxygen atoms in total. The van der Waals surface area contributed by atoms with Gasteiger partial charge in [-0.2, -0.15) is 0 Å². The third-order valence-electron chi connectivity index (χ3n) is 3.27. The van der Waals surface area contributed by atoms with E-state index in [4.69, 9.17) is 15.2 Å². The number of aryl methyl sites for hydroxylation is 1. The van der Waals surface area contributed by atoms with Crippen molar-refractivity contribution in [3.63, 3.8) is 0 Å². The lowest BCUT2D eigenvalue weighted by Gasteiger charge is -2.18. The molecule has 1 unspecified atom stereocenters. The quantitative estimate of drug-likeness (QED) is 0.932. The number of ether oxygens (including phenoxy) is 2. The van der Waals surface area contributed by atoms with Crippen molar-refractivity contribution in [3.05, 3.63) is 58.9 Å². The molecule has 0 spiro atoms. The zero-order chi connectivity index (χ0) is 14.7. The lowest BCUT2D eigenvalue weighted by molar-refractivity contribution is 0.382. The second-order valence-electron chi connectivity index (χ2n) is 4.59. The summed E-state index contributed by atoms with van der Waals surface area (Å²) >= 11 is 0. The van der Waals surface area contributed by atoms with E-state index in [2.05, 4.69) is 0 Å². The molecule has 0 aromatic heterocycles. The van der Waals surface area contributed by atoms with Crippen LogP contribution in [0.2, 0.25) is 0 Å². The molecule has 0 saturated carbocycles. The Morgan fingerprint density at radius 1 is 1.00 bits per heavy atom. The second kappa shape index (κ2) is 5.92. The van der Waals surface area contributed by atoms with Crippen molar-refractivity contribution >= 4 is 0 Å². The minimum atomic E-state index is -0.611. The van der Waals surface area contributed by atoms with Crippen molar-refractivity contribution in [2.24, 2.45) is 5.73 Å². The van der Waals surface area contributed by atoms with E-state index >= 15 is 0 Å². The first kappa shape index (κ1) is 14.3. The molecule has 0 amide bonds. The average molecular weight is 275 g/mol. The molecule has 1 atom stereocenters. The predicted molar refractivity (Wildman–Crippen MR) is 76.7 cm³/mol. The first-order valence-electron chi connectivity index (χ1n) is 6.31. The van der Waals surface area contributed by atoms with E-state index in [1.807, 2.05) is 25.1 Å². The van der Waals surface area contributed by atoms with Crippen molar-refractivity contribution in [2.75, 3.05) is 14.2 Å². The van der Waals surface area contributed by atoms with Gasteiger partial charge in [0, 0.05) is 11.1 Å². The molecule has 0 bridgehead atoms. The molecule has 0 fully saturated rings. The van der Waals surface area contributed by atoms with Crippen molar-refractivity contribution in [1.29, 1.82) is 0 Å². The van der Waals surface area contributed by atoms with E-state index in [0.29, 0.717) is 11.3 Å². The fourth-order valence-corrected chi connectivity index (χ4v) is 2.19. The number of halogens is 1. The molecule has 20 heavy (non-hydrogen) atoms. The van der Waals surface area contributed by atoms with Crippen LogP contribution in [0.1, 0.15) is 22.7 Å². The van der Waals surface area contributed by atoms with Gasteiger partial charge in [-0.3, -0.25) is 0 Å². The lowest BCUT2D eigenvalue weighted by Crippen LogP contribution is -2.15. The molecule has 0 aliphatic heterocycles. The monoisotopic (exact) mass is 275 g/mol. The highest BCUT2D eigenvalue weighted by Gasteiger charge is 2.19. The summed E-state index contributed by atoms with van der Waals surface area (Å²) in [6, 6.07) is 10.0. The number of benzene rings is 2. The van der Waals surface area contributed by atoms with Gasteiger partial charge in [0.2, 0.25) is 0 Å². The van der Waals surface area contributed by atoms with E-state index in [1.165, 1.54) is 7.11 Å². The van der Waals surface area contributed by atoms with Crippen LogP contribution in [0.5, 0.6) is 11.5 Å². The molecule has 4 heteroatoms. The zero-order valence-corrected chi connectivity index (χ0v) is 11.8.